The number of nitrogens with zero attached hydrogens (tertiary/aromatic N) is 1. The number of rotatable bonds is 4. The summed E-state index contributed by atoms with van der Waals surface area (Å²) in [5, 5.41) is 0. The van der Waals surface area contributed by atoms with E-state index < -0.39 is 65.0 Å². The lowest BCUT2D eigenvalue weighted by atomic mass is 10.1. The maximum absolute atomic E-state index is 13.4. The van der Waals surface area contributed by atoms with Crippen LogP contribution in [0.25, 0.3) is 0 Å². The van der Waals surface area contributed by atoms with Gasteiger partial charge < -0.3 is 4.74 Å². The van der Waals surface area contributed by atoms with Gasteiger partial charge in [0.15, 0.2) is 5.82 Å². The lowest BCUT2D eigenvalue weighted by Crippen LogP contribution is -2.14. The number of allylic oxidation sites excluding steroid dienone is 1. The lowest BCUT2D eigenvalue weighted by Gasteiger charge is -2.07. The van der Waals surface area contributed by atoms with Crippen molar-refractivity contribution < 1.29 is 35.9 Å². The van der Waals surface area contributed by atoms with Crippen LogP contribution in [-0.4, -0.2) is 11.0 Å². The van der Waals surface area contributed by atoms with Gasteiger partial charge in [-0.05, 0) is 11.5 Å². The van der Waals surface area contributed by atoms with E-state index in [1.54, 1.807) is 13.8 Å². The molecule has 0 saturated heterocycles. The van der Waals surface area contributed by atoms with E-state index in [4.69, 9.17) is 0 Å². The summed E-state index contributed by atoms with van der Waals surface area (Å²) in [6.07, 6.45) is -1.34. The molecule has 1 fully saturated rings. The summed E-state index contributed by atoms with van der Waals surface area (Å²) >= 11 is 0. The summed E-state index contributed by atoms with van der Waals surface area (Å²) in [4.78, 5) is 14.6. The van der Waals surface area contributed by atoms with Gasteiger partial charge in [-0.15, -0.1) is 0 Å². The highest BCUT2D eigenvalue weighted by Crippen LogP contribution is 2.60. The van der Waals surface area contributed by atoms with E-state index in [0.717, 1.165) is 0 Å². The van der Waals surface area contributed by atoms with Crippen molar-refractivity contribution in [3.63, 3.8) is 0 Å². The maximum atomic E-state index is 13.4. The molecule has 1 aliphatic rings. The highest BCUT2D eigenvalue weighted by molar-refractivity contribution is 5.78. The molecule has 2 atom stereocenters. The number of ether oxygens (including phenoxy) is 1. The van der Waals surface area contributed by atoms with Crippen molar-refractivity contribution in [3.8, 4) is 0 Å². The molecule has 0 spiro atoms. The van der Waals surface area contributed by atoms with Crippen LogP contribution >= 0.6 is 0 Å². The molecule has 3 nitrogen and oxygen atoms in total. The van der Waals surface area contributed by atoms with E-state index in [-0.39, 0.29) is 0 Å². The third kappa shape index (κ3) is 3.18. The van der Waals surface area contributed by atoms with Gasteiger partial charge >= 0.3 is 5.97 Å². The van der Waals surface area contributed by atoms with Gasteiger partial charge in [0.25, 0.3) is 12.0 Å². The van der Waals surface area contributed by atoms with Gasteiger partial charge in [-0.2, -0.15) is 17.6 Å². The molecule has 1 aliphatic carbocycles. The molecule has 1 saturated carbocycles. The van der Waals surface area contributed by atoms with Gasteiger partial charge in [-0.25, -0.2) is 13.8 Å². The van der Waals surface area contributed by atoms with Crippen LogP contribution in [0.4, 0.5) is 26.3 Å². The second-order valence-electron chi connectivity index (χ2n) is 5.68. The topological polar surface area (TPSA) is 39.2 Å². The molecule has 1 heterocycles. The van der Waals surface area contributed by atoms with Crippen LogP contribution in [0.1, 0.15) is 19.5 Å². The van der Waals surface area contributed by atoms with E-state index in [2.05, 4.69) is 9.72 Å². The summed E-state index contributed by atoms with van der Waals surface area (Å²) in [7, 11) is 0. The molecule has 0 bridgehead atoms. The number of halogens is 6. The van der Waals surface area contributed by atoms with Crippen LogP contribution < -0.4 is 0 Å². The summed E-state index contributed by atoms with van der Waals surface area (Å²) < 4.78 is 81.2. The van der Waals surface area contributed by atoms with Gasteiger partial charge in [0.1, 0.15) is 12.3 Å². The van der Waals surface area contributed by atoms with E-state index in [1.807, 2.05) is 0 Å². The third-order valence-electron chi connectivity index (χ3n) is 3.87. The fourth-order valence-electron chi connectivity index (χ4n) is 2.43. The van der Waals surface area contributed by atoms with Gasteiger partial charge in [-0.1, -0.05) is 13.8 Å². The molecule has 0 unspecified atom stereocenters. The Hall–Kier alpha value is -2.06. The number of carbonyl (C=O) groups is 1. The van der Waals surface area contributed by atoms with Crippen LogP contribution in [0.3, 0.4) is 0 Å². The first kappa shape index (κ1) is 17.3. The zero-order chi connectivity index (χ0) is 17.5. The predicted octanol–water partition coefficient (Wildman–Crippen LogP) is 3.73. The number of carbonyl (C=O) groups excluding carboxylic acids is 1. The molecule has 0 amide bonds. The molecular formula is C14H11F6NO2. The fourth-order valence-corrected chi connectivity index (χ4v) is 2.43. The van der Waals surface area contributed by atoms with Crippen LogP contribution in [-0.2, 0) is 16.1 Å². The minimum Gasteiger partial charge on any atom is -0.459 e. The minimum atomic E-state index is -2.08. The van der Waals surface area contributed by atoms with Crippen molar-refractivity contribution in [1.29, 1.82) is 0 Å². The van der Waals surface area contributed by atoms with E-state index in [9.17, 15) is 31.1 Å². The highest BCUT2D eigenvalue weighted by atomic mass is 19.3. The first-order chi connectivity index (χ1) is 10.6. The molecule has 126 valence electrons. The van der Waals surface area contributed by atoms with Crippen LogP contribution in [0.5, 0.6) is 0 Å². The molecule has 9 heteroatoms. The number of aromatic nitrogens is 1. The van der Waals surface area contributed by atoms with Crippen LogP contribution in [0.15, 0.2) is 12.2 Å². The quantitative estimate of drug-likeness (QED) is 0.477. The molecule has 1 aromatic heterocycles. The first-order valence-electron chi connectivity index (χ1n) is 6.45. The number of pyridine rings is 1. The molecule has 2 rings (SSSR count). The summed E-state index contributed by atoms with van der Waals surface area (Å²) in [6, 6.07) is 0. The first-order valence-corrected chi connectivity index (χ1v) is 6.45. The Morgan fingerprint density at radius 2 is 1.78 bits per heavy atom. The van der Waals surface area contributed by atoms with Crippen LogP contribution in [0.2, 0.25) is 0 Å². The van der Waals surface area contributed by atoms with E-state index >= 15 is 0 Å². The summed E-state index contributed by atoms with van der Waals surface area (Å²) in [5.41, 5.74) is -1.72. The fraction of sp³-hybridized carbons (Fsp3) is 0.429. The van der Waals surface area contributed by atoms with Gasteiger partial charge in [0.05, 0.1) is 5.92 Å². The molecule has 23 heavy (non-hydrogen) atoms. The maximum Gasteiger partial charge on any atom is 0.310 e. The van der Waals surface area contributed by atoms with Gasteiger partial charge in [-0.3, -0.25) is 4.79 Å². The largest absolute Gasteiger partial charge is 0.459 e. The average molecular weight is 339 g/mol. The smallest absolute Gasteiger partial charge is 0.310 e. The molecule has 0 radical (unpaired) electrons. The molecule has 0 aromatic carbocycles. The molecular weight excluding hydrogens is 328 g/mol. The number of esters is 1. The Kier molecular flexibility index (Phi) is 4.41. The molecule has 1 aromatic rings. The molecule has 0 aliphatic heterocycles. The van der Waals surface area contributed by atoms with Crippen molar-refractivity contribution in [2.45, 2.75) is 20.5 Å². The minimum absolute atomic E-state index is 0.613. The average Bonchev–Trinajstić information content (AvgIpc) is 2.99. The van der Waals surface area contributed by atoms with Crippen molar-refractivity contribution in [2.24, 2.45) is 17.3 Å². The van der Waals surface area contributed by atoms with Crippen molar-refractivity contribution >= 4 is 5.97 Å². The van der Waals surface area contributed by atoms with E-state index in [1.165, 1.54) is 0 Å². The number of hydrogen-bond donors (Lipinski definition) is 0. The van der Waals surface area contributed by atoms with E-state index in [0.29, 0.717) is 6.08 Å². The monoisotopic (exact) mass is 339 g/mol. The second-order valence-corrected chi connectivity index (χ2v) is 5.68. The highest BCUT2D eigenvalue weighted by Gasteiger charge is 2.62. The Morgan fingerprint density at radius 3 is 2.35 bits per heavy atom. The normalized spacial score (nSPS) is 21.7. The third-order valence-corrected chi connectivity index (χ3v) is 3.87. The van der Waals surface area contributed by atoms with Gasteiger partial charge in [0.2, 0.25) is 11.6 Å². The standard InChI is InChI=1S/C14H11F6NO2/c1-14(2)5(3-7(15)16)8(14)13(22)23-4-6-9(17)10(18)11(19)12(20)21-6/h3,5,8H,4H2,1-2H3/t5-,8+/m0/s1. The predicted molar refractivity (Wildman–Crippen MR) is 64.9 cm³/mol. The Balaban J connectivity index is 2.08. The second kappa shape index (κ2) is 5.86. The SMILES string of the molecule is CC1(C)[C@@H](C=C(F)F)[C@@H]1C(=O)OCc1nc(F)c(F)c(F)c1F. The summed E-state index contributed by atoms with van der Waals surface area (Å²) in [5.74, 6) is -10.4. The Morgan fingerprint density at radius 1 is 1.17 bits per heavy atom. The van der Waals surface area contributed by atoms with Crippen LogP contribution in [0, 0.1) is 40.7 Å². The zero-order valence-corrected chi connectivity index (χ0v) is 12.0. The van der Waals surface area contributed by atoms with Crippen molar-refractivity contribution in [3.05, 3.63) is 41.2 Å². The zero-order valence-electron chi connectivity index (χ0n) is 12.0. The van der Waals surface area contributed by atoms with Gasteiger partial charge in [0, 0.05) is 5.92 Å². The molecule has 0 N–H and O–H groups in total. The Bertz CT molecular complexity index is 684. The van der Waals surface area contributed by atoms with Crippen molar-refractivity contribution in [2.75, 3.05) is 0 Å². The Labute approximate surface area is 127 Å². The summed E-state index contributed by atoms with van der Waals surface area (Å²) in [6.45, 7) is 2.16. The lowest BCUT2D eigenvalue weighted by molar-refractivity contribution is -0.147. The van der Waals surface area contributed by atoms with Crippen molar-refractivity contribution in [1.82, 2.24) is 4.98 Å². The number of hydrogen-bond acceptors (Lipinski definition) is 3.